The fraction of sp³-hybridized carbons (Fsp3) is 0.875. The van der Waals surface area contributed by atoms with E-state index in [9.17, 15) is 10.2 Å². The number of ether oxygens (including phenoxy) is 2. The third kappa shape index (κ3) is 6.89. The minimum absolute atomic E-state index is 0.267. The van der Waals surface area contributed by atoms with Crippen molar-refractivity contribution in [3.8, 4) is 0 Å². The third-order valence-electron chi connectivity index (χ3n) is 3.71. The third-order valence-corrected chi connectivity index (χ3v) is 3.71. The number of hydrogen-bond donors (Lipinski definition) is 3. The molecule has 3 N–H and O–H groups in total. The number of unbranched alkanes of at least 4 members (excludes halogenated alkanes) is 4. The molecule has 1 aliphatic heterocycles. The molecule has 5 heteroatoms. The molecule has 0 aromatic heterocycles. The van der Waals surface area contributed by atoms with Crippen LogP contribution in [0.5, 0.6) is 0 Å². The highest BCUT2D eigenvalue weighted by atomic mass is 16.6. The van der Waals surface area contributed by atoms with Gasteiger partial charge in [-0.3, -0.25) is 0 Å². The van der Waals surface area contributed by atoms with Crippen molar-refractivity contribution in [1.82, 2.24) is 0 Å². The lowest BCUT2D eigenvalue weighted by molar-refractivity contribution is -0.0730. The Hall–Kier alpha value is -0.460. The van der Waals surface area contributed by atoms with Crippen LogP contribution < -0.4 is 0 Å². The molecule has 0 amide bonds. The molecule has 1 saturated heterocycles. The van der Waals surface area contributed by atoms with Crippen LogP contribution in [-0.2, 0) is 9.47 Å². The van der Waals surface area contributed by atoms with E-state index in [4.69, 9.17) is 14.6 Å². The molecule has 0 saturated carbocycles. The van der Waals surface area contributed by atoms with Crippen LogP contribution in [-0.4, -0.2) is 59.6 Å². The summed E-state index contributed by atoms with van der Waals surface area (Å²) in [6, 6.07) is 0. The van der Waals surface area contributed by atoms with Crippen LogP contribution in [0.3, 0.4) is 0 Å². The van der Waals surface area contributed by atoms with Crippen molar-refractivity contribution < 1.29 is 24.8 Å². The van der Waals surface area contributed by atoms with Crippen molar-refractivity contribution in [2.24, 2.45) is 0 Å². The Morgan fingerprint density at radius 3 is 2.71 bits per heavy atom. The van der Waals surface area contributed by atoms with Gasteiger partial charge in [0.1, 0.15) is 24.4 Å². The predicted molar refractivity (Wildman–Crippen MR) is 81.1 cm³/mol. The highest BCUT2D eigenvalue weighted by Crippen LogP contribution is 2.20. The number of allylic oxidation sites excluding steroid dienone is 2. The molecule has 0 aromatic carbocycles. The van der Waals surface area contributed by atoms with Gasteiger partial charge in [-0.25, -0.2) is 0 Å². The Labute approximate surface area is 127 Å². The van der Waals surface area contributed by atoms with E-state index < -0.39 is 31.0 Å². The predicted octanol–water partition coefficient (Wildman–Crippen LogP) is 1.40. The summed E-state index contributed by atoms with van der Waals surface area (Å²) in [7, 11) is 0. The van der Waals surface area contributed by atoms with E-state index in [-0.39, 0.29) is 6.61 Å². The quantitative estimate of drug-likeness (QED) is 0.397. The van der Waals surface area contributed by atoms with Gasteiger partial charge in [-0.2, -0.15) is 0 Å². The van der Waals surface area contributed by atoms with Gasteiger partial charge in [0.25, 0.3) is 0 Å². The topological polar surface area (TPSA) is 79.2 Å². The van der Waals surface area contributed by atoms with Gasteiger partial charge < -0.3 is 24.8 Å². The van der Waals surface area contributed by atoms with E-state index in [0.29, 0.717) is 6.61 Å². The molecule has 0 aromatic rings. The summed E-state index contributed by atoms with van der Waals surface area (Å²) in [5.41, 5.74) is 0. The Balaban J connectivity index is 2.03. The zero-order chi connectivity index (χ0) is 15.5. The lowest BCUT2D eigenvalue weighted by Crippen LogP contribution is -2.41. The molecular weight excluding hydrogens is 272 g/mol. The Morgan fingerprint density at radius 2 is 2.00 bits per heavy atom. The van der Waals surface area contributed by atoms with Crippen LogP contribution >= 0.6 is 0 Å². The smallest absolute Gasteiger partial charge is 0.114 e. The molecule has 0 spiro atoms. The summed E-state index contributed by atoms with van der Waals surface area (Å²) in [6.45, 7) is 2.61. The molecule has 1 heterocycles. The number of aliphatic hydroxyl groups excluding tert-OH is 3. The van der Waals surface area contributed by atoms with Gasteiger partial charge in [-0.15, -0.1) is 0 Å². The molecule has 1 rings (SSSR count). The lowest BCUT2D eigenvalue weighted by atomic mass is 10.1. The van der Waals surface area contributed by atoms with Crippen molar-refractivity contribution in [1.29, 1.82) is 0 Å². The molecular formula is C16H30O5. The summed E-state index contributed by atoms with van der Waals surface area (Å²) < 4.78 is 10.9. The normalized spacial score (nSPS) is 27.5. The highest BCUT2D eigenvalue weighted by Gasteiger charge is 2.40. The Bertz CT molecular complexity index is 282. The fourth-order valence-corrected chi connectivity index (χ4v) is 2.38. The summed E-state index contributed by atoms with van der Waals surface area (Å²) in [4.78, 5) is 0. The number of aliphatic hydroxyl groups is 3. The second-order valence-electron chi connectivity index (χ2n) is 5.56. The first-order chi connectivity index (χ1) is 10.2. The van der Waals surface area contributed by atoms with Crippen LogP contribution in [0.25, 0.3) is 0 Å². The monoisotopic (exact) mass is 302 g/mol. The summed E-state index contributed by atoms with van der Waals surface area (Å²) in [5, 5.41) is 28.3. The van der Waals surface area contributed by atoms with Crippen molar-refractivity contribution >= 4 is 0 Å². The first-order valence-corrected chi connectivity index (χ1v) is 8.05. The minimum Gasteiger partial charge on any atom is -0.394 e. The van der Waals surface area contributed by atoms with Crippen molar-refractivity contribution in [2.45, 2.75) is 69.9 Å². The fourth-order valence-electron chi connectivity index (χ4n) is 2.38. The summed E-state index contributed by atoms with van der Waals surface area (Å²) in [5.74, 6) is 0. The van der Waals surface area contributed by atoms with E-state index in [1.54, 1.807) is 0 Å². The number of rotatable bonds is 11. The second kappa shape index (κ2) is 11.2. The Morgan fingerprint density at radius 1 is 1.24 bits per heavy atom. The molecule has 1 aliphatic rings. The van der Waals surface area contributed by atoms with Crippen LogP contribution in [0.2, 0.25) is 0 Å². The van der Waals surface area contributed by atoms with Crippen molar-refractivity contribution in [3.63, 3.8) is 0 Å². The molecule has 0 radical (unpaired) electrons. The van der Waals surface area contributed by atoms with Crippen LogP contribution in [0, 0.1) is 0 Å². The molecule has 5 nitrogen and oxygen atoms in total. The SMILES string of the molecule is CCC/C=C/CCCCCO[C@@H]1CO[C@H]([C@@H](O)CO)[C@@H]1O. The molecule has 124 valence electrons. The maximum atomic E-state index is 9.94. The van der Waals surface area contributed by atoms with E-state index in [1.807, 2.05) is 0 Å². The van der Waals surface area contributed by atoms with Gasteiger partial charge in [0, 0.05) is 6.61 Å². The molecule has 0 aliphatic carbocycles. The zero-order valence-corrected chi connectivity index (χ0v) is 13.0. The van der Waals surface area contributed by atoms with Crippen LogP contribution in [0.4, 0.5) is 0 Å². The van der Waals surface area contributed by atoms with Crippen LogP contribution in [0.15, 0.2) is 12.2 Å². The van der Waals surface area contributed by atoms with E-state index in [0.717, 1.165) is 32.1 Å². The molecule has 1 fully saturated rings. The van der Waals surface area contributed by atoms with Gasteiger partial charge in [0.2, 0.25) is 0 Å². The summed E-state index contributed by atoms with van der Waals surface area (Å²) >= 11 is 0. The van der Waals surface area contributed by atoms with Gasteiger partial charge >= 0.3 is 0 Å². The highest BCUT2D eigenvalue weighted by molar-refractivity contribution is 4.88. The summed E-state index contributed by atoms with van der Waals surface area (Å²) in [6.07, 6.45) is 8.07. The van der Waals surface area contributed by atoms with E-state index in [1.165, 1.54) is 6.42 Å². The van der Waals surface area contributed by atoms with Crippen LogP contribution in [0.1, 0.15) is 45.4 Å². The molecule has 0 unspecified atom stereocenters. The van der Waals surface area contributed by atoms with Gasteiger partial charge in [-0.1, -0.05) is 31.9 Å². The maximum absolute atomic E-state index is 9.94. The molecule has 21 heavy (non-hydrogen) atoms. The second-order valence-corrected chi connectivity index (χ2v) is 5.56. The van der Waals surface area contributed by atoms with E-state index in [2.05, 4.69) is 19.1 Å². The average molecular weight is 302 g/mol. The molecule has 0 bridgehead atoms. The average Bonchev–Trinajstić information content (AvgIpc) is 2.86. The standard InChI is InChI=1S/C16H30O5/c1-2-3-4-5-6-7-8-9-10-20-14-12-21-16(15(14)19)13(18)11-17/h4-5,13-19H,2-3,6-12H2,1H3/b5-4+/t13-,14+,15+,16+/m0/s1. The first kappa shape index (κ1) is 18.6. The largest absolute Gasteiger partial charge is 0.394 e. The number of hydrogen-bond acceptors (Lipinski definition) is 5. The van der Waals surface area contributed by atoms with Crippen molar-refractivity contribution in [2.75, 3.05) is 19.8 Å². The van der Waals surface area contributed by atoms with Gasteiger partial charge in [0.15, 0.2) is 0 Å². The van der Waals surface area contributed by atoms with Crippen molar-refractivity contribution in [3.05, 3.63) is 12.2 Å². The molecule has 4 atom stereocenters. The van der Waals surface area contributed by atoms with Gasteiger partial charge in [-0.05, 0) is 25.7 Å². The Kier molecular flexibility index (Phi) is 9.87. The minimum atomic E-state index is -1.05. The van der Waals surface area contributed by atoms with E-state index >= 15 is 0 Å². The maximum Gasteiger partial charge on any atom is 0.114 e. The lowest BCUT2D eigenvalue weighted by Gasteiger charge is -2.20. The first-order valence-electron chi connectivity index (χ1n) is 8.05. The van der Waals surface area contributed by atoms with Gasteiger partial charge in [0.05, 0.1) is 13.2 Å². The zero-order valence-electron chi connectivity index (χ0n) is 13.0.